The molecule has 2 heterocycles. The van der Waals surface area contributed by atoms with Crippen molar-refractivity contribution in [1.29, 1.82) is 0 Å². The van der Waals surface area contributed by atoms with Gasteiger partial charge in [0.2, 0.25) is 5.06 Å². The van der Waals surface area contributed by atoms with Crippen LogP contribution < -0.4 is 9.47 Å². The average molecular weight is 314 g/mol. The molecule has 1 aromatic heterocycles. The Morgan fingerprint density at radius 3 is 3.08 bits per heavy atom. The van der Waals surface area contributed by atoms with Crippen LogP contribution in [0, 0.1) is 0 Å². The van der Waals surface area contributed by atoms with Gasteiger partial charge in [-0.05, 0) is 50.2 Å². The van der Waals surface area contributed by atoms with E-state index in [0.29, 0.717) is 0 Å². The van der Waals surface area contributed by atoms with Crippen molar-refractivity contribution in [1.82, 2.24) is 0 Å². The Morgan fingerprint density at radius 1 is 1.58 bits per heavy atom. The van der Waals surface area contributed by atoms with Crippen LogP contribution in [0.25, 0.3) is 0 Å². The number of hydrogen-bond acceptors (Lipinski definition) is 3. The molecule has 1 unspecified atom stereocenters. The molecule has 2 nitrogen and oxygen atoms in total. The number of thiophene rings is 1. The summed E-state index contributed by atoms with van der Waals surface area (Å²) < 4.78 is 10.6. The van der Waals surface area contributed by atoms with E-state index in [1.807, 2.05) is 18.4 Å². The van der Waals surface area contributed by atoms with Gasteiger partial charge >= 0.3 is 0 Å². The average Bonchev–Trinajstić information content (AvgIpc) is 2.35. The Bertz CT molecular complexity index is 297. The first kappa shape index (κ1) is 8.84. The van der Waals surface area contributed by atoms with E-state index in [1.54, 1.807) is 0 Å². The summed E-state index contributed by atoms with van der Waals surface area (Å²) in [6, 6.07) is 1.91. The van der Waals surface area contributed by atoms with E-state index >= 15 is 0 Å². The molecule has 0 fully saturated rings. The number of rotatable bonds is 0. The van der Waals surface area contributed by atoms with Crippen LogP contribution in [0.4, 0.5) is 0 Å². The van der Waals surface area contributed by atoms with Crippen molar-refractivity contribution in [3.8, 4) is 10.8 Å². The molecule has 0 aliphatic carbocycles. The van der Waals surface area contributed by atoms with Gasteiger partial charge in [-0.1, -0.05) is 0 Å². The molecule has 0 saturated heterocycles. The lowest BCUT2D eigenvalue weighted by Crippen LogP contribution is -2.40. The Labute approximate surface area is 91.1 Å². The first-order valence-corrected chi connectivity index (χ1v) is 5.87. The molecule has 0 N–H and O–H groups in total. The molecule has 0 amide bonds. The van der Waals surface area contributed by atoms with Gasteiger partial charge in [-0.2, -0.15) is 0 Å². The van der Waals surface area contributed by atoms with Crippen LogP contribution in [0.5, 0.6) is 10.8 Å². The van der Waals surface area contributed by atoms with E-state index in [9.17, 15) is 0 Å². The number of alkyl halides is 2. The van der Waals surface area contributed by atoms with Crippen LogP contribution >= 0.6 is 43.2 Å². The lowest BCUT2D eigenvalue weighted by atomic mass is 10.4. The number of ether oxygens (including phenoxy) is 2. The number of hydrogen-bond donors (Lipinski definition) is 0. The Hall–Kier alpha value is 0.260. The fraction of sp³-hybridized carbons (Fsp3) is 0.429. The van der Waals surface area contributed by atoms with E-state index in [2.05, 4.69) is 31.9 Å². The first-order valence-electron chi connectivity index (χ1n) is 3.40. The van der Waals surface area contributed by atoms with Crippen molar-refractivity contribution >= 4 is 43.2 Å². The van der Waals surface area contributed by atoms with Gasteiger partial charge < -0.3 is 9.47 Å². The predicted octanol–water partition coefficient (Wildman–Crippen LogP) is 3.35. The van der Waals surface area contributed by atoms with Crippen LogP contribution in [-0.4, -0.2) is 9.52 Å². The minimum Gasteiger partial charge on any atom is -0.480 e. The van der Waals surface area contributed by atoms with E-state index < -0.39 is 3.42 Å². The third-order valence-electron chi connectivity index (χ3n) is 1.60. The molecule has 0 aromatic carbocycles. The summed E-state index contributed by atoms with van der Waals surface area (Å²) >= 11 is 8.30. The van der Waals surface area contributed by atoms with Gasteiger partial charge in [0.25, 0.3) is 3.42 Å². The summed E-state index contributed by atoms with van der Waals surface area (Å²) in [6.07, 6.45) is -0.0559. The van der Waals surface area contributed by atoms with Crippen molar-refractivity contribution in [3.63, 3.8) is 0 Å². The molecule has 0 spiro atoms. The van der Waals surface area contributed by atoms with Crippen molar-refractivity contribution in [2.24, 2.45) is 0 Å². The van der Waals surface area contributed by atoms with Crippen molar-refractivity contribution in [2.75, 3.05) is 0 Å². The Kier molecular flexibility index (Phi) is 2.13. The van der Waals surface area contributed by atoms with E-state index in [4.69, 9.17) is 9.47 Å². The lowest BCUT2D eigenvalue weighted by Gasteiger charge is -2.32. The third-order valence-corrected chi connectivity index (χ3v) is 3.99. The third kappa shape index (κ3) is 1.38. The standard InChI is InChI=1S/C7H6Br2O2S/c1-4-7(8,9)11-6-5(10-4)2-3-12-6/h2-4H,1H3. The Morgan fingerprint density at radius 2 is 2.33 bits per heavy atom. The number of fused-ring (bicyclic) bond motifs is 1. The maximum absolute atomic E-state index is 5.60. The van der Waals surface area contributed by atoms with Gasteiger partial charge in [-0.15, -0.1) is 11.3 Å². The molecular weight excluding hydrogens is 308 g/mol. The maximum Gasteiger partial charge on any atom is 0.255 e. The van der Waals surface area contributed by atoms with Gasteiger partial charge in [0.1, 0.15) is 0 Å². The highest BCUT2D eigenvalue weighted by atomic mass is 79.9. The molecule has 1 aromatic rings. The van der Waals surface area contributed by atoms with Crippen molar-refractivity contribution in [3.05, 3.63) is 11.4 Å². The van der Waals surface area contributed by atoms with E-state index in [0.717, 1.165) is 10.8 Å². The predicted molar refractivity (Wildman–Crippen MR) is 55.6 cm³/mol. The molecule has 2 rings (SSSR count). The summed E-state index contributed by atoms with van der Waals surface area (Å²) in [5.41, 5.74) is 0. The van der Waals surface area contributed by atoms with E-state index in [1.165, 1.54) is 11.3 Å². The molecule has 1 aliphatic heterocycles. The zero-order chi connectivity index (χ0) is 8.77. The van der Waals surface area contributed by atoms with Gasteiger partial charge in [0.15, 0.2) is 11.9 Å². The molecular formula is C7H6Br2O2S. The minimum atomic E-state index is -0.585. The van der Waals surface area contributed by atoms with Gasteiger partial charge in [0.05, 0.1) is 0 Å². The monoisotopic (exact) mass is 312 g/mol. The molecule has 0 bridgehead atoms. The van der Waals surface area contributed by atoms with Crippen LogP contribution in [0.15, 0.2) is 11.4 Å². The highest BCUT2D eigenvalue weighted by Crippen LogP contribution is 2.47. The first-order chi connectivity index (χ1) is 5.59. The molecule has 1 aliphatic rings. The highest BCUT2D eigenvalue weighted by Gasteiger charge is 2.40. The Balaban J connectivity index is 2.35. The zero-order valence-corrected chi connectivity index (χ0v) is 10.2. The second kappa shape index (κ2) is 2.89. The topological polar surface area (TPSA) is 18.5 Å². The lowest BCUT2D eigenvalue weighted by molar-refractivity contribution is 0.0761. The SMILES string of the molecule is CC1Oc2ccsc2OC1(Br)Br. The smallest absolute Gasteiger partial charge is 0.255 e. The van der Waals surface area contributed by atoms with Gasteiger partial charge in [0, 0.05) is 0 Å². The zero-order valence-electron chi connectivity index (χ0n) is 6.21. The summed E-state index contributed by atoms with van der Waals surface area (Å²) in [7, 11) is 0. The highest BCUT2D eigenvalue weighted by molar-refractivity contribution is 9.25. The molecule has 0 radical (unpaired) electrons. The molecule has 12 heavy (non-hydrogen) atoms. The minimum absolute atomic E-state index is 0.0559. The molecule has 5 heteroatoms. The van der Waals surface area contributed by atoms with Crippen molar-refractivity contribution in [2.45, 2.75) is 16.4 Å². The summed E-state index contributed by atoms with van der Waals surface area (Å²) in [5.74, 6) is 0.821. The van der Waals surface area contributed by atoms with Crippen molar-refractivity contribution < 1.29 is 9.47 Å². The maximum atomic E-state index is 5.60. The van der Waals surface area contributed by atoms with Crippen LogP contribution in [0.2, 0.25) is 0 Å². The fourth-order valence-corrected chi connectivity index (χ4v) is 2.36. The van der Waals surface area contributed by atoms with Gasteiger partial charge in [-0.25, -0.2) is 0 Å². The van der Waals surface area contributed by atoms with Crippen LogP contribution in [0.3, 0.4) is 0 Å². The number of halogens is 2. The second-order valence-corrected chi connectivity index (χ2v) is 6.80. The van der Waals surface area contributed by atoms with Gasteiger partial charge in [-0.3, -0.25) is 0 Å². The summed E-state index contributed by atoms with van der Waals surface area (Å²) in [4.78, 5) is 0. The van der Waals surface area contributed by atoms with E-state index in [-0.39, 0.29) is 6.10 Å². The van der Waals surface area contributed by atoms with Crippen LogP contribution in [-0.2, 0) is 0 Å². The van der Waals surface area contributed by atoms with Crippen LogP contribution in [0.1, 0.15) is 6.92 Å². The molecule has 66 valence electrons. The quantitative estimate of drug-likeness (QED) is 0.684. The normalized spacial score (nSPS) is 25.4. The second-order valence-electron chi connectivity index (χ2n) is 2.50. The molecule has 0 saturated carbocycles. The molecule has 1 atom stereocenters. The summed E-state index contributed by atoms with van der Waals surface area (Å²) in [6.45, 7) is 1.93. The largest absolute Gasteiger partial charge is 0.480 e. The fourth-order valence-electron chi connectivity index (χ4n) is 0.911. The summed E-state index contributed by atoms with van der Waals surface area (Å²) in [5, 5.41) is 2.75.